The third-order valence-corrected chi connectivity index (χ3v) is 9.16. The van der Waals surface area contributed by atoms with E-state index < -0.39 is 76.4 Å². The SMILES string of the molecule is C[C@H]1c2ccc(N3CCCCC3)c(O)c2C(=O)C2C(=O)[C@]3(O)C(=O)C(C(N)=O)C(=O)[C@@H](N(C)C)[C@@H]3[C@@H](O)[C@@H]21. The molecule has 3 aliphatic carbocycles. The number of aromatic hydroxyl groups is 1. The number of hydrogen-bond acceptors (Lipinski definition) is 10. The number of likely N-dealkylation sites (N-methyl/N-ethyl adjacent to an activating group) is 1. The Hall–Kier alpha value is -3.15. The van der Waals surface area contributed by atoms with Crippen molar-refractivity contribution in [3.8, 4) is 5.75 Å². The number of aliphatic hydroxyl groups excluding tert-OH is 1. The van der Waals surface area contributed by atoms with Gasteiger partial charge in [-0.15, -0.1) is 0 Å². The van der Waals surface area contributed by atoms with Gasteiger partial charge < -0.3 is 26.0 Å². The van der Waals surface area contributed by atoms with Crippen LogP contribution in [0.2, 0.25) is 0 Å². The molecule has 5 N–H and O–H groups in total. The van der Waals surface area contributed by atoms with Crippen molar-refractivity contribution in [2.45, 2.75) is 49.9 Å². The first kappa shape index (κ1) is 26.5. The summed E-state index contributed by atoms with van der Waals surface area (Å²) in [5, 5.41) is 34.6. The maximum absolute atomic E-state index is 14.0. The molecule has 2 saturated carbocycles. The second-order valence-corrected chi connectivity index (χ2v) is 11.3. The van der Waals surface area contributed by atoms with Gasteiger partial charge in [0.25, 0.3) is 0 Å². The van der Waals surface area contributed by atoms with Gasteiger partial charge in [-0.2, -0.15) is 0 Å². The van der Waals surface area contributed by atoms with Gasteiger partial charge in [-0.3, -0.25) is 28.9 Å². The molecule has 0 bridgehead atoms. The summed E-state index contributed by atoms with van der Waals surface area (Å²) >= 11 is 0. The summed E-state index contributed by atoms with van der Waals surface area (Å²) in [4.78, 5) is 70.0. The maximum Gasteiger partial charge on any atom is 0.235 e. The number of carbonyl (C=O) groups is 5. The fourth-order valence-corrected chi connectivity index (χ4v) is 7.37. The zero-order valence-electron chi connectivity index (χ0n) is 21.6. The first-order valence-electron chi connectivity index (χ1n) is 13.0. The van der Waals surface area contributed by atoms with E-state index in [1.807, 2.05) is 4.90 Å². The molecule has 1 aliphatic heterocycles. The number of phenolic OH excluding ortho intramolecular Hbond substituents is 1. The molecule has 5 rings (SSSR count). The summed E-state index contributed by atoms with van der Waals surface area (Å²) < 4.78 is 0. The van der Waals surface area contributed by atoms with E-state index in [4.69, 9.17) is 5.73 Å². The van der Waals surface area contributed by atoms with Crippen LogP contribution in [0.25, 0.3) is 0 Å². The molecule has 1 saturated heterocycles. The molecular weight excluding hydrogens is 494 g/mol. The highest BCUT2D eigenvalue weighted by molar-refractivity contribution is 6.32. The average molecular weight is 528 g/mol. The predicted octanol–water partition coefficient (Wildman–Crippen LogP) is -0.611. The number of phenols is 1. The lowest BCUT2D eigenvalue weighted by Crippen LogP contribution is -2.77. The largest absolute Gasteiger partial charge is 0.505 e. The zero-order chi connectivity index (χ0) is 27.8. The normalized spacial score (nSPS) is 37.1. The lowest BCUT2D eigenvalue weighted by Gasteiger charge is -2.56. The third-order valence-electron chi connectivity index (χ3n) is 9.16. The van der Waals surface area contributed by atoms with Crippen molar-refractivity contribution < 1.29 is 39.3 Å². The molecule has 1 aromatic carbocycles. The molecule has 3 fully saturated rings. The lowest BCUT2D eigenvalue weighted by atomic mass is 9.49. The Bertz CT molecular complexity index is 1250. The van der Waals surface area contributed by atoms with Gasteiger partial charge in [0.2, 0.25) is 5.91 Å². The number of ketones is 4. The molecule has 204 valence electrons. The Morgan fingerprint density at radius 2 is 1.71 bits per heavy atom. The smallest absolute Gasteiger partial charge is 0.235 e. The second kappa shape index (κ2) is 8.96. The van der Waals surface area contributed by atoms with E-state index in [0.29, 0.717) is 24.3 Å². The molecule has 1 heterocycles. The van der Waals surface area contributed by atoms with Crippen LogP contribution in [-0.2, 0) is 19.2 Å². The predicted molar refractivity (Wildman–Crippen MR) is 134 cm³/mol. The van der Waals surface area contributed by atoms with Crippen molar-refractivity contribution in [3.05, 3.63) is 23.3 Å². The van der Waals surface area contributed by atoms with Crippen molar-refractivity contribution >= 4 is 34.7 Å². The average Bonchev–Trinajstić information content (AvgIpc) is 2.86. The summed E-state index contributed by atoms with van der Waals surface area (Å²) in [6.07, 6.45) is 1.29. The Morgan fingerprint density at radius 3 is 2.29 bits per heavy atom. The van der Waals surface area contributed by atoms with E-state index in [0.717, 1.165) is 19.3 Å². The summed E-state index contributed by atoms with van der Waals surface area (Å²) in [6.45, 7) is 3.10. The molecule has 38 heavy (non-hydrogen) atoms. The maximum atomic E-state index is 14.0. The van der Waals surface area contributed by atoms with Crippen molar-refractivity contribution in [2.24, 2.45) is 29.4 Å². The number of piperidine rings is 1. The Labute approximate surface area is 219 Å². The molecule has 0 spiro atoms. The van der Waals surface area contributed by atoms with Gasteiger partial charge in [-0.1, -0.05) is 13.0 Å². The molecule has 0 aromatic heterocycles. The number of Topliss-reactive ketones (excluding diaryl/α,β-unsaturated/α-hetero) is 4. The van der Waals surface area contributed by atoms with Gasteiger partial charge >= 0.3 is 0 Å². The monoisotopic (exact) mass is 527 g/mol. The van der Waals surface area contributed by atoms with Crippen molar-refractivity contribution in [1.82, 2.24) is 4.90 Å². The lowest BCUT2D eigenvalue weighted by molar-refractivity contribution is -0.196. The molecule has 8 atom stereocenters. The van der Waals surface area contributed by atoms with E-state index in [2.05, 4.69) is 0 Å². The van der Waals surface area contributed by atoms with Crippen LogP contribution in [0.1, 0.15) is 48.0 Å². The van der Waals surface area contributed by atoms with E-state index >= 15 is 0 Å². The van der Waals surface area contributed by atoms with Crippen molar-refractivity contribution in [2.75, 3.05) is 32.1 Å². The van der Waals surface area contributed by atoms with E-state index in [-0.39, 0.29) is 11.3 Å². The van der Waals surface area contributed by atoms with Gasteiger partial charge in [0.1, 0.15) is 5.75 Å². The van der Waals surface area contributed by atoms with E-state index in [1.165, 1.54) is 19.0 Å². The second-order valence-electron chi connectivity index (χ2n) is 11.3. The van der Waals surface area contributed by atoms with Gasteiger partial charge in [0, 0.05) is 19.0 Å². The van der Waals surface area contributed by atoms with Crippen LogP contribution in [0.3, 0.4) is 0 Å². The number of nitrogens with zero attached hydrogens (tertiary/aromatic N) is 2. The summed E-state index contributed by atoms with van der Waals surface area (Å²) in [5.74, 6) is -13.0. The third kappa shape index (κ3) is 3.34. The first-order chi connectivity index (χ1) is 17.8. The van der Waals surface area contributed by atoms with Crippen LogP contribution in [0, 0.1) is 23.7 Å². The highest BCUT2D eigenvalue weighted by Crippen LogP contribution is 2.55. The molecule has 2 unspecified atom stereocenters. The zero-order valence-corrected chi connectivity index (χ0v) is 21.6. The van der Waals surface area contributed by atoms with E-state index in [9.17, 15) is 39.3 Å². The van der Waals surface area contributed by atoms with Crippen molar-refractivity contribution in [3.63, 3.8) is 0 Å². The summed E-state index contributed by atoms with van der Waals surface area (Å²) in [6, 6.07) is 2.05. The van der Waals surface area contributed by atoms with Crippen LogP contribution in [0.4, 0.5) is 5.69 Å². The molecule has 1 aromatic rings. The Kier molecular flexibility index (Phi) is 6.24. The number of rotatable bonds is 3. The molecule has 4 aliphatic rings. The number of primary amides is 1. The Balaban J connectivity index is 1.67. The quantitative estimate of drug-likeness (QED) is 0.371. The summed E-state index contributed by atoms with van der Waals surface area (Å²) in [7, 11) is 2.93. The number of amides is 1. The highest BCUT2D eigenvalue weighted by atomic mass is 16.3. The fraction of sp³-hybridized carbons (Fsp3) is 0.593. The van der Waals surface area contributed by atoms with Gasteiger partial charge in [-0.05, 0) is 50.9 Å². The number of nitrogens with two attached hydrogens (primary N) is 1. The molecule has 11 nitrogen and oxygen atoms in total. The minimum Gasteiger partial charge on any atom is -0.505 e. The molecule has 0 radical (unpaired) electrons. The number of fused-ring (bicyclic) bond motifs is 3. The topological polar surface area (TPSA) is 179 Å². The Morgan fingerprint density at radius 1 is 1.08 bits per heavy atom. The fourth-order valence-electron chi connectivity index (χ4n) is 7.37. The number of benzene rings is 1. The highest BCUT2D eigenvalue weighted by Gasteiger charge is 2.72. The minimum absolute atomic E-state index is 0.0700. The van der Waals surface area contributed by atoms with Crippen LogP contribution in [-0.4, -0.2) is 94.2 Å². The van der Waals surface area contributed by atoms with Crippen LogP contribution in [0.5, 0.6) is 5.75 Å². The van der Waals surface area contributed by atoms with Gasteiger partial charge in [0.15, 0.2) is 34.7 Å². The van der Waals surface area contributed by atoms with E-state index in [1.54, 1.807) is 19.1 Å². The van der Waals surface area contributed by atoms with Crippen LogP contribution in [0.15, 0.2) is 12.1 Å². The molecular formula is C27H33N3O8. The van der Waals surface area contributed by atoms with Gasteiger partial charge in [0.05, 0.1) is 35.2 Å². The summed E-state index contributed by atoms with van der Waals surface area (Å²) in [5.41, 5.74) is 3.18. The number of carbonyl (C=O) groups excluding carboxylic acids is 5. The molecule has 11 heteroatoms. The number of aliphatic hydroxyl groups is 2. The minimum atomic E-state index is -2.99. The van der Waals surface area contributed by atoms with Crippen molar-refractivity contribution in [1.29, 1.82) is 0 Å². The van der Waals surface area contributed by atoms with Crippen LogP contribution >= 0.6 is 0 Å². The molecule has 1 amide bonds. The number of anilines is 1. The number of hydrogen-bond donors (Lipinski definition) is 4. The first-order valence-corrected chi connectivity index (χ1v) is 13.0. The van der Waals surface area contributed by atoms with Crippen LogP contribution < -0.4 is 10.6 Å². The standard InChI is InChI=1S/C27H33N3O8/c1-11-12-7-8-13(30-9-5-4-6-10-30)20(31)15(12)21(32)16-14(11)22(33)18-19(29(2)3)23(34)17(26(28)37)25(36)27(18,38)24(16)35/h7-8,11,14,16-19,22,31,33,38H,4-6,9-10H2,1-3H3,(H2,28,37)/t11-,14+,16?,17?,18+,19-,22-,27-/m0/s1. The van der Waals surface area contributed by atoms with Gasteiger partial charge in [-0.25, -0.2) is 0 Å².